The Morgan fingerprint density at radius 2 is 2.46 bits per heavy atom. The van der Waals surface area contributed by atoms with E-state index in [0.29, 0.717) is 0 Å². The van der Waals surface area contributed by atoms with Gasteiger partial charge in [0.15, 0.2) is 0 Å². The van der Waals surface area contributed by atoms with Crippen molar-refractivity contribution in [3.8, 4) is 0 Å². The Balaban J connectivity index is 1.90. The molecule has 2 nitrogen and oxygen atoms in total. The minimum Gasteiger partial charge on any atom is -0.159 e. The smallest absolute Gasteiger partial charge is 0.0642 e. The molecular weight excluding hydrogens is 180 g/mol. The fourth-order valence-corrected chi connectivity index (χ4v) is 2.97. The molecule has 0 N–H and O–H groups in total. The number of thioether (sulfide) groups is 1. The lowest BCUT2D eigenvalue weighted by Gasteiger charge is -2.20. The molecule has 70 valence electrons. The fourth-order valence-electron chi connectivity index (χ4n) is 1.64. The van der Waals surface area contributed by atoms with Crippen LogP contribution in [0.3, 0.4) is 0 Å². The Hall–Kier alpha value is -0.570. The average Bonchev–Trinajstić information content (AvgIpc) is 2.21. The zero-order chi connectivity index (χ0) is 8.93. The molecule has 0 spiro atoms. The largest absolute Gasteiger partial charge is 0.159 e. The molecule has 1 aliphatic heterocycles. The molecule has 0 aromatic carbocycles. The van der Waals surface area contributed by atoms with E-state index in [9.17, 15) is 0 Å². The van der Waals surface area contributed by atoms with Crippen molar-refractivity contribution in [2.45, 2.75) is 30.9 Å². The number of hydrogen-bond donors (Lipinski definition) is 0. The summed E-state index contributed by atoms with van der Waals surface area (Å²) in [6, 6.07) is 4.04. The predicted octanol–water partition coefficient (Wildman–Crippen LogP) is 2.30. The first-order chi connectivity index (χ1) is 6.45. The van der Waals surface area contributed by atoms with Crippen LogP contribution in [0.1, 0.15) is 25.0 Å². The summed E-state index contributed by atoms with van der Waals surface area (Å²) in [7, 11) is 0. The Morgan fingerprint density at radius 3 is 3.15 bits per heavy atom. The molecule has 1 saturated heterocycles. The van der Waals surface area contributed by atoms with Crippen LogP contribution < -0.4 is 0 Å². The molecule has 1 aromatic rings. The van der Waals surface area contributed by atoms with Crippen molar-refractivity contribution in [3.05, 3.63) is 24.0 Å². The summed E-state index contributed by atoms with van der Waals surface area (Å²) in [5.74, 6) is 1.32. The number of nitrogens with zero attached hydrogens (tertiary/aromatic N) is 2. The van der Waals surface area contributed by atoms with Crippen molar-refractivity contribution in [1.82, 2.24) is 10.2 Å². The second-order valence-electron chi connectivity index (χ2n) is 3.41. The van der Waals surface area contributed by atoms with Crippen LogP contribution in [0.5, 0.6) is 0 Å². The first kappa shape index (κ1) is 9.00. The van der Waals surface area contributed by atoms with Crippen LogP contribution in [0.15, 0.2) is 18.3 Å². The molecule has 1 atom stereocenters. The molecular formula is C10H14N2S. The highest BCUT2D eigenvalue weighted by Crippen LogP contribution is 2.27. The summed E-state index contributed by atoms with van der Waals surface area (Å²) in [4.78, 5) is 0. The van der Waals surface area contributed by atoms with E-state index in [4.69, 9.17) is 0 Å². The van der Waals surface area contributed by atoms with Gasteiger partial charge in [-0.3, -0.25) is 0 Å². The van der Waals surface area contributed by atoms with Crippen LogP contribution in [0.25, 0.3) is 0 Å². The van der Waals surface area contributed by atoms with Gasteiger partial charge in [0.05, 0.1) is 5.69 Å². The third-order valence-corrected chi connectivity index (χ3v) is 3.74. The van der Waals surface area contributed by atoms with Crippen LogP contribution in [-0.2, 0) is 6.42 Å². The molecule has 0 bridgehead atoms. The van der Waals surface area contributed by atoms with Gasteiger partial charge >= 0.3 is 0 Å². The van der Waals surface area contributed by atoms with Crippen molar-refractivity contribution in [2.75, 3.05) is 5.75 Å². The maximum absolute atomic E-state index is 4.11. The summed E-state index contributed by atoms with van der Waals surface area (Å²) in [6.45, 7) is 0. The Kier molecular flexibility index (Phi) is 3.19. The van der Waals surface area contributed by atoms with Crippen LogP contribution in [0, 0.1) is 0 Å². The zero-order valence-corrected chi connectivity index (χ0v) is 8.46. The SMILES string of the molecule is c1cnnc(CC2CCCCS2)c1. The molecule has 0 radical (unpaired) electrons. The third-order valence-electron chi connectivity index (χ3n) is 2.34. The molecule has 3 heteroatoms. The minimum absolute atomic E-state index is 0.783. The molecule has 0 aliphatic carbocycles. The Labute approximate surface area is 83.1 Å². The van der Waals surface area contributed by atoms with Gasteiger partial charge in [0, 0.05) is 17.9 Å². The van der Waals surface area contributed by atoms with E-state index in [0.717, 1.165) is 17.4 Å². The van der Waals surface area contributed by atoms with Gasteiger partial charge in [-0.2, -0.15) is 22.0 Å². The second kappa shape index (κ2) is 4.61. The van der Waals surface area contributed by atoms with Crippen molar-refractivity contribution in [2.24, 2.45) is 0 Å². The topological polar surface area (TPSA) is 25.8 Å². The summed E-state index contributed by atoms with van der Waals surface area (Å²) in [5, 5.41) is 8.78. The van der Waals surface area contributed by atoms with E-state index >= 15 is 0 Å². The summed E-state index contributed by atoms with van der Waals surface area (Å²) in [5.41, 5.74) is 1.14. The van der Waals surface area contributed by atoms with Crippen molar-refractivity contribution in [1.29, 1.82) is 0 Å². The van der Waals surface area contributed by atoms with E-state index in [-0.39, 0.29) is 0 Å². The summed E-state index contributed by atoms with van der Waals surface area (Å²) < 4.78 is 0. The van der Waals surface area contributed by atoms with Crippen LogP contribution >= 0.6 is 11.8 Å². The molecule has 2 rings (SSSR count). The molecule has 1 unspecified atom stereocenters. The van der Waals surface area contributed by atoms with E-state index < -0.39 is 0 Å². The lowest BCUT2D eigenvalue weighted by atomic mass is 10.1. The first-order valence-electron chi connectivity index (χ1n) is 4.83. The Morgan fingerprint density at radius 1 is 1.46 bits per heavy atom. The monoisotopic (exact) mass is 194 g/mol. The maximum atomic E-state index is 4.11. The number of rotatable bonds is 2. The molecule has 0 saturated carbocycles. The highest BCUT2D eigenvalue weighted by molar-refractivity contribution is 7.99. The normalized spacial score (nSPS) is 22.9. The van der Waals surface area contributed by atoms with Gasteiger partial charge in [0.2, 0.25) is 0 Å². The van der Waals surface area contributed by atoms with Gasteiger partial charge in [-0.15, -0.1) is 0 Å². The van der Waals surface area contributed by atoms with E-state index in [2.05, 4.69) is 28.0 Å². The maximum Gasteiger partial charge on any atom is 0.0642 e. The van der Waals surface area contributed by atoms with Gasteiger partial charge in [0.1, 0.15) is 0 Å². The fraction of sp³-hybridized carbons (Fsp3) is 0.600. The number of aromatic nitrogens is 2. The average molecular weight is 194 g/mol. The second-order valence-corrected chi connectivity index (χ2v) is 4.82. The molecule has 1 aromatic heterocycles. The van der Waals surface area contributed by atoms with Crippen LogP contribution in [-0.4, -0.2) is 21.2 Å². The first-order valence-corrected chi connectivity index (χ1v) is 5.88. The van der Waals surface area contributed by atoms with E-state index in [1.165, 1.54) is 25.0 Å². The predicted molar refractivity (Wildman–Crippen MR) is 55.8 cm³/mol. The van der Waals surface area contributed by atoms with Crippen molar-refractivity contribution in [3.63, 3.8) is 0 Å². The molecule has 13 heavy (non-hydrogen) atoms. The molecule has 0 amide bonds. The highest BCUT2D eigenvalue weighted by Gasteiger charge is 2.14. The zero-order valence-electron chi connectivity index (χ0n) is 7.65. The van der Waals surface area contributed by atoms with Gasteiger partial charge < -0.3 is 0 Å². The highest BCUT2D eigenvalue weighted by atomic mass is 32.2. The molecule has 1 fully saturated rings. The lowest BCUT2D eigenvalue weighted by Crippen LogP contribution is -2.13. The van der Waals surface area contributed by atoms with Crippen molar-refractivity contribution >= 4 is 11.8 Å². The summed E-state index contributed by atoms with van der Waals surface area (Å²) >= 11 is 2.09. The third kappa shape index (κ3) is 2.69. The van der Waals surface area contributed by atoms with Gasteiger partial charge in [-0.1, -0.05) is 6.42 Å². The quantitative estimate of drug-likeness (QED) is 0.722. The summed E-state index contributed by atoms with van der Waals surface area (Å²) in [6.07, 6.45) is 6.96. The van der Waals surface area contributed by atoms with Crippen LogP contribution in [0.2, 0.25) is 0 Å². The van der Waals surface area contributed by atoms with E-state index in [1.807, 2.05) is 6.07 Å². The van der Waals surface area contributed by atoms with Crippen molar-refractivity contribution < 1.29 is 0 Å². The standard InChI is InChI=1S/C10H14N2S/c1-2-7-13-10(5-1)8-9-4-3-6-11-12-9/h3-4,6,10H,1-2,5,7-8H2. The van der Waals surface area contributed by atoms with Crippen LogP contribution in [0.4, 0.5) is 0 Å². The van der Waals surface area contributed by atoms with E-state index in [1.54, 1.807) is 6.20 Å². The van der Waals surface area contributed by atoms with Gasteiger partial charge in [0.25, 0.3) is 0 Å². The number of hydrogen-bond acceptors (Lipinski definition) is 3. The lowest BCUT2D eigenvalue weighted by molar-refractivity contribution is 0.651. The molecule has 1 aliphatic rings. The van der Waals surface area contributed by atoms with Gasteiger partial charge in [-0.05, 0) is 30.7 Å². The minimum atomic E-state index is 0.783. The Bertz CT molecular complexity index is 244. The van der Waals surface area contributed by atoms with Gasteiger partial charge in [-0.25, -0.2) is 0 Å². The molecule has 2 heterocycles.